The lowest BCUT2D eigenvalue weighted by atomic mass is 10.2. The molecule has 0 saturated carbocycles. The van der Waals surface area contributed by atoms with Crippen molar-refractivity contribution in [3.63, 3.8) is 0 Å². The highest BCUT2D eigenvalue weighted by Gasteiger charge is 1.96. The minimum Gasteiger partial charge on any atom is -0.377 e. The maximum Gasteiger partial charge on any atom is 0.0717 e. The van der Waals surface area contributed by atoms with Gasteiger partial charge in [-0.2, -0.15) is 0 Å². The van der Waals surface area contributed by atoms with Crippen LogP contribution in [0.25, 0.3) is 0 Å². The topological polar surface area (TPSA) is 9.23 Å². The van der Waals surface area contributed by atoms with Gasteiger partial charge in [0.2, 0.25) is 0 Å². The Morgan fingerprint density at radius 1 is 1.42 bits per heavy atom. The number of ether oxygens (including phenoxy) is 1. The molecule has 0 spiro atoms. The predicted molar refractivity (Wildman–Crippen MR) is 62.2 cm³/mol. The van der Waals surface area contributed by atoms with Crippen LogP contribution >= 0.6 is 38.5 Å². The van der Waals surface area contributed by atoms with Crippen molar-refractivity contribution in [2.45, 2.75) is 13.5 Å². The lowest BCUT2D eigenvalue weighted by Crippen LogP contribution is -1.92. The van der Waals surface area contributed by atoms with Crippen LogP contribution in [-0.2, 0) is 11.3 Å². The number of halogens is 2. The molecule has 66 valence electrons. The first-order valence-corrected chi connectivity index (χ1v) is 5.62. The molecule has 0 radical (unpaired) electrons. The van der Waals surface area contributed by atoms with E-state index in [4.69, 9.17) is 4.74 Å². The van der Waals surface area contributed by atoms with Gasteiger partial charge in [-0.1, -0.05) is 15.9 Å². The molecule has 0 aromatic heterocycles. The van der Waals surface area contributed by atoms with Crippen molar-refractivity contribution in [2.24, 2.45) is 0 Å². The summed E-state index contributed by atoms with van der Waals surface area (Å²) in [7, 11) is 0. The lowest BCUT2D eigenvalue weighted by molar-refractivity contribution is 0.134. The summed E-state index contributed by atoms with van der Waals surface area (Å²) < 4.78 is 7.65. The minimum absolute atomic E-state index is 0.700. The van der Waals surface area contributed by atoms with Crippen LogP contribution in [0.4, 0.5) is 0 Å². The van der Waals surface area contributed by atoms with Gasteiger partial charge < -0.3 is 4.74 Å². The van der Waals surface area contributed by atoms with E-state index in [-0.39, 0.29) is 0 Å². The van der Waals surface area contributed by atoms with E-state index in [0.29, 0.717) is 6.61 Å². The number of hydrogen-bond donors (Lipinski definition) is 0. The van der Waals surface area contributed by atoms with Crippen molar-refractivity contribution in [1.29, 1.82) is 0 Å². The minimum atomic E-state index is 0.700. The highest BCUT2D eigenvalue weighted by molar-refractivity contribution is 14.1. The second kappa shape index (κ2) is 5.19. The molecule has 1 rings (SSSR count). The van der Waals surface area contributed by atoms with Gasteiger partial charge in [0.15, 0.2) is 0 Å². The SMILES string of the molecule is CCOCc1cc(Br)cc(I)c1. The van der Waals surface area contributed by atoms with Crippen molar-refractivity contribution in [1.82, 2.24) is 0 Å². The van der Waals surface area contributed by atoms with Gasteiger partial charge in [-0.15, -0.1) is 0 Å². The molecule has 0 unspecified atom stereocenters. The quantitative estimate of drug-likeness (QED) is 0.764. The van der Waals surface area contributed by atoms with E-state index in [0.717, 1.165) is 11.1 Å². The zero-order valence-electron chi connectivity index (χ0n) is 6.81. The van der Waals surface area contributed by atoms with Gasteiger partial charge in [0.05, 0.1) is 6.61 Å². The Labute approximate surface area is 94.8 Å². The first-order chi connectivity index (χ1) is 5.72. The number of hydrogen-bond acceptors (Lipinski definition) is 1. The molecule has 0 bridgehead atoms. The summed E-state index contributed by atoms with van der Waals surface area (Å²) in [5.41, 5.74) is 1.22. The van der Waals surface area contributed by atoms with E-state index < -0.39 is 0 Å². The van der Waals surface area contributed by atoms with E-state index in [2.05, 4.69) is 56.7 Å². The van der Waals surface area contributed by atoms with Gasteiger partial charge in [-0.05, 0) is 53.3 Å². The molecule has 0 atom stereocenters. The van der Waals surface area contributed by atoms with Crippen LogP contribution in [0.15, 0.2) is 22.7 Å². The van der Waals surface area contributed by atoms with Gasteiger partial charge >= 0.3 is 0 Å². The Bertz CT molecular complexity index is 242. The fourth-order valence-electron chi connectivity index (χ4n) is 0.914. The summed E-state index contributed by atoms with van der Waals surface area (Å²) in [5, 5.41) is 0. The molecule has 0 aliphatic rings. The van der Waals surface area contributed by atoms with E-state index in [1.54, 1.807) is 0 Å². The van der Waals surface area contributed by atoms with Crippen molar-refractivity contribution in [3.8, 4) is 0 Å². The Morgan fingerprint density at radius 3 is 2.75 bits per heavy atom. The van der Waals surface area contributed by atoms with Gasteiger partial charge in [0.1, 0.15) is 0 Å². The third-order valence-electron chi connectivity index (χ3n) is 1.40. The molecular formula is C9H10BrIO. The molecule has 1 nitrogen and oxygen atoms in total. The molecule has 0 fully saturated rings. The van der Waals surface area contributed by atoms with Crippen LogP contribution < -0.4 is 0 Å². The molecule has 1 aromatic rings. The van der Waals surface area contributed by atoms with E-state index in [1.165, 1.54) is 9.13 Å². The fourth-order valence-corrected chi connectivity index (χ4v) is 2.62. The highest BCUT2D eigenvalue weighted by Crippen LogP contribution is 2.17. The van der Waals surface area contributed by atoms with E-state index >= 15 is 0 Å². The second-order valence-corrected chi connectivity index (χ2v) is 4.58. The predicted octanol–water partition coefficient (Wildman–Crippen LogP) is 3.59. The summed E-state index contributed by atoms with van der Waals surface area (Å²) in [5.74, 6) is 0. The van der Waals surface area contributed by atoms with Crippen LogP contribution in [0.3, 0.4) is 0 Å². The van der Waals surface area contributed by atoms with Crippen LogP contribution in [0.5, 0.6) is 0 Å². The normalized spacial score (nSPS) is 10.2. The van der Waals surface area contributed by atoms with Crippen molar-refractivity contribution < 1.29 is 4.74 Å². The molecule has 0 aliphatic heterocycles. The molecule has 12 heavy (non-hydrogen) atoms. The molecule has 0 amide bonds. The van der Waals surface area contributed by atoms with Gasteiger partial charge in [-0.25, -0.2) is 0 Å². The zero-order valence-corrected chi connectivity index (χ0v) is 10.6. The van der Waals surface area contributed by atoms with Crippen LogP contribution in [0.1, 0.15) is 12.5 Å². The molecular weight excluding hydrogens is 331 g/mol. The average molecular weight is 341 g/mol. The van der Waals surface area contributed by atoms with Crippen molar-refractivity contribution >= 4 is 38.5 Å². The molecule has 0 heterocycles. The maximum absolute atomic E-state index is 5.31. The van der Waals surface area contributed by atoms with Gasteiger partial charge in [0, 0.05) is 14.6 Å². The standard InChI is InChI=1S/C9H10BrIO/c1-2-12-6-7-3-8(10)5-9(11)4-7/h3-5H,2,6H2,1H3. The third kappa shape index (κ3) is 3.41. The Hall–Kier alpha value is 0.390. The molecule has 0 N–H and O–H groups in total. The van der Waals surface area contributed by atoms with E-state index in [9.17, 15) is 0 Å². The van der Waals surface area contributed by atoms with Crippen molar-refractivity contribution in [3.05, 3.63) is 31.8 Å². The van der Waals surface area contributed by atoms with Gasteiger partial charge in [0.25, 0.3) is 0 Å². The lowest BCUT2D eigenvalue weighted by Gasteiger charge is -2.02. The van der Waals surface area contributed by atoms with E-state index in [1.807, 2.05) is 6.92 Å². The Kier molecular flexibility index (Phi) is 4.53. The largest absolute Gasteiger partial charge is 0.377 e. The first-order valence-electron chi connectivity index (χ1n) is 3.75. The smallest absolute Gasteiger partial charge is 0.0717 e. The van der Waals surface area contributed by atoms with Gasteiger partial charge in [-0.3, -0.25) is 0 Å². The second-order valence-electron chi connectivity index (χ2n) is 2.41. The van der Waals surface area contributed by atoms with Crippen LogP contribution in [0.2, 0.25) is 0 Å². The molecule has 0 aliphatic carbocycles. The summed E-state index contributed by atoms with van der Waals surface area (Å²) >= 11 is 5.74. The molecule has 0 saturated heterocycles. The number of benzene rings is 1. The summed E-state index contributed by atoms with van der Waals surface area (Å²) in [6, 6.07) is 6.29. The summed E-state index contributed by atoms with van der Waals surface area (Å²) in [6.45, 7) is 3.47. The first kappa shape index (κ1) is 10.5. The zero-order chi connectivity index (χ0) is 8.97. The average Bonchev–Trinajstić information content (AvgIpc) is 1.99. The van der Waals surface area contributed by atoms with Crippen LogP contribution in [0, 0.1) is 3.57 Å². The third-order valence-corrected chi connectivity index (χ3v) is 2.48. The fraction of sp³-hybridized carbons (Fsp3) is 0.333. The number of rotatable bonds is 3. The Balaban J connectivity index is 2.72. The maximum atomic E-state index is 5.31. The molecule has 1 aromatic carbocycles. The molecule has 3 heteroatoms. The highest BCUT2D eigenvalue weighted by atomic mass is 127. The summed E-state index contributed by atoms with van der Waals surface area (Å²) in [4.78, 5) is 0. The van der Waals surface area contributed by atoms with Crippen molar-refractivity contribution in [2.75, 3.05) is 6.61 Å². The monoisotopic (exact) mass is 340 g/mol. The van der Waals surface area contributed by atoms with Crippen LogP contribution in [-0.4, -0.2) is 6.61 Å². The Morgan fingerprint density at radius 2 is 2.17 bits per heavy atom. The summed E-state index contributed by atoms with van der Waals surface area (Å²) in [6.07, 6.45) is 0.